The molecule has 4 nitrogen and oxygen atoms in total. The van der Waals surface area contributed by atoms with E-state index in [1.165, 1.54) is 0 Å². The smallest absolute Gasteiger partial charge is 0.121 e. The molecule has 1 aromatic heterocycles. The van der Waals surface area contributed by atoms with E-state index in [2.05, 4.69) is 15.6 Å². The Balaban J connectivity index is 1.95. The van der Waals surface area contributed by atoms with Gasteiger partial charge < -0.3 is 9.30 Å². The summed E-state index contributed by atoms with van der Waals surface area (Å²) in [6.07, 6.45) is 1.82. The lowest BCUT2D eigenvalue weighted by atomic mass is 10.1. The Kier molecular flexibility index (Phi) is 3.10. The van der Waals surface area contributed by atoms with Crippen molar-refractivity contribution in [2.24, 2.45) is 0 Å². The topological polar surface area (TPSA) is 50.8 Å². The highest BCUT2D eigenvalue weighted by Gasteiger charge is 2.05. The van der Waals surface area contributed by atoms with Crippen LogP contribution in [0.1, 0.15) is 11.1 Å². The molecule has 0 unspecified atom stereocenters. The van der Waals surface area contributed by atoms with Crippen LogP contribution in [0, 0.1) is 11.3 Å². The molecular formula is C16H13N3O. The molecular weight excluding hydrogens is 250 g/mol. The van der Waals surface area contributed by atoms with Gasteiger partial charge in [-0.05, 0) is 29.8 Å². The number of hydrogen-bond acceptors (Lipinski definition) is 3. The van der Waals surface area contributed by atoms with Crippen molar-refractivity contribution in [2.45, 2.75) is 6.54 Å². The number of nitrogens with zero attached hydrogens (tertiary/aromatic N) is 3. The lowest BCUT2D eigenvalue weighted by Gasteiger charge is -2.06. The molecule has 20 heavy (non-hydrogen) atoms. The molecule has 0 spiro atoms. The molecule has 0 aliphatic carbocycles. The standard InChI is InChI=1S/C16H13N3O/c1-20-14-6-7-15-16(8-14)19(11-18-15)10-13-4-2-12(9-17)3-5-13/h2-8,11H,10H2,1H3. The monoisotopic (exact) mass is 263 g/mol. The van der Waals surface area contributed by atoms with E-state index in [4.69, 9.17) is 10.00 Å². The van der Waals surface area contributed by atoms with Crippen LogP contribution in [-0.2, 0) is 6.54 Å². The second-order valence-electron chi connectivity index (χ2n) is 4.54. The average molecular weight is 263 g/mol. The minimum absolute atomic E-state index is 0.672. The Morgan fingerprint density at radius 3 is 2.70 bits per heavy atom. The van der Waals surface area contributed by atoms with E-state index in [0.29, 0.717) is 5.56 Å². The van der Waals surface area contributed by atoms with Gasteiger partial charge in [-0.1, -0.05) is 12.1 Å². The van der Waals surface area contributed by atoms with Gasteiger partial charge in [-0.15, -0.1) is 0 Å². The first-order valence-electron chi connectivity index (χ1n) is 6.28. The van der Waals surface area contributed by atoms with Crippen LogP contribution >= 0.6 is 0 Å². The molecule has 0 aliphatic heterocycles. The fourth-order valence-electron chi connectivity index (χ4n) is 2.17. The summed E-state index contributed by atoms with van der Waals surface area (Å²) in [5.74, 6) is 0.819. The molecule has 0 saturated heterocycles. The maximum Gasteiger partial charge on any atom is 0.121 e. The summed E-state index contributed by atoms with van der Waals surface area (Å²) in [7, 11) is 1.66. The number of benzene rings is 2. The second-order valence-corrected chi connectivity index (χ2v) is 4.54. The Morgan fingerprint density at radius 2 is 2.00 bits per heavy atom. The summed E-state index contributed by atoms with van der Waals surface area (Å²) < 4.78 is 7.32. The molecule has 2 aromatic carbocycles. The lowest BCUT2D eigenvalue weighted by Crippen LogP contribution is -1.98. The molecule has 0 saturated carbocycles. The number of fused-ring (bicyclic) bond motifs is 1. The second kappa shape index (κ2) is 5.06. The van der Waals surface area contributed by atoms with E-state index in [1.807, 2.05) is 48.8 Å². The van der Waals surface area contributed by atoms with Crippen LogP contribution in [0.15, 0.2) is 48.8 Å². The predicted molar refractivity (Wildman–Crippen MR) is 76.5 cm³/mol. The first-order valence-corrected chi connectivity index (χ1v) is 6.28. The van der Waals surface area contributed by atoms with Gasteiger partial charge in [0.05, 0.1) is 36.1 Å². The van der Waals surface area contributed by atoms with Gasteiger partial charge in [0.15, 0.2) is 0 Å². The summed E-state index contributed by atoms with van der Waals surface area (Å²) in [4.78, 5) is 4.38. The summed E-state index contributed by atoms with van der Waals surface area (Å²) in [6.45, 7) is 0.718. The highest BCUT2D eigenvalue weighted by Crippen LogP contribution is 2.20. The van der Waals surface area contributed by atoms with Crippen molar-refractivity contribution < 1.29 is 4.74 Å². The first kappa shape index (κ1) is 12.2. The third-order valence-corrected chi connectivity index (χ3v) is 3.26. The van der Waals surface area contributed by atoms with Crippen molar-refractivity contribution in [1.82, 2.24) is 9.55 Å². The normalized spacial score (nSPS) is 10.4. The maximum absolute atomic E-state index is 8.81. The zero-order valence-electron chi connectivity index (χ0n) is 11.1. The van der Waals surface area contributed by atoms with Crippen molar-refractivity contribution in [1.29, 1.82) is 5.26 Å². The molecule has 0 fully saturated rings. The van der Waals surface area contributed by atoms with Crippen LogP contribution in [-0.4, -0.2) is 16.7 Å². The van der Waals surface area contributed by atoms with Gasteiger partial charge in [0.2, 0.25) is 0 Å². The summed E-state index contributed by atoms with van der Waals surface area (Å²) in [5, 5.41) is 8.81. The van der Waals surface area contributed by atoms with Gasteiger partial charge in [0.1, 0.15) is 5.75 Å². The van der Waals surface area contributed by atoms with E-state index in [9.17, 15) is 0 Å². The molecule has 98 valence electrons. The minimum atomic E-state index is 0.672. The van der Waals surface area contributed by atoms with E-state index in [1.54, 1.807) is 7.11 Å². The van der Waals surface area contributed by atoms with Crippen molar-refractivity contribution in [3.63, 3.8) is 0 Å². The molecule has 0 radical (unpaired) electrons. The van der Waals surface area contributed by atoms with E-state index < -0.39 is 0 Å². The van der Waals surface area contributed by atoms with E-state index in [0.717, 1.165) is 28.9 Å². The Morgan fingerprint density at radius 1 is 1.20 bits per heavy atom. The molecule has 0 N–H and O–H groups in total. The fourth-order valence-corrected chi connectivity index (χ4v) is 2.17. The molecule has 0 aliphatic rings. The van der Waals surface area contributed by atoms with Crippen LogP contribution in [0.5, 0.6) is 5.75 Å². The van der Waals surface area contributed by atoms with Gasteiger partial charge in [-0.2, -0.15) is 5.26 Å². The van der Waals surface area contributed by atoms with Gasteiger partial charge in [0.25, 0.3) is 0 Å². The number of rotatable bonds is 3. The van der Waals surface area contributed by atoms with Gasteiger partial charge in [-0.3, -0.25) is 0 Å². The van der Waals surface area contributed by atoms with Crippen molar-refractivity contribution >= 4 is 11.0 Å². The van der Waals surface area contributed by atoms with Crippen LogP contribution < -0.4 is 4.74 Å². The molecule has 4 heteroatoms. The highest BCUT2D eigenvalue weighted by atomic mass is 16.5. The number of imidazole rings is 1. The number of nitriles is 1. The fraction of sp³-hybridized carbons (Fsp3) is 0.125. The molecule has 3 rings (SSSR count). The van der Waals surface area contributed by atoms with Crippen LogP contribution in [0.25, 0.3) is 11.0 Å². The third-order valence-electron chi connectivity index (χ3n) is 3.26. The number of ether oxygens (including phenoxy) is 1. The molecule has 0 bridgehead atoms. The van der Waals surface area contributed by atoms with Crippen molar-refractivity contribution in [3.8, 4) is 11.8 Å². The predicted octanol–water partition coefficient (Wildman–Crippen LogP) is 2.96. The van der Waals surface area contributed by atoms with Gasteiger partial charge in [0, 0.05) is 12.6 Å². The molecule has 3 aromatic rings. The highest BCUT2D eigenvalue weighted by molar-refractivity contribution is 5.77. The molecule has 0 amide bonds. The number of methoxy groups -OCH3 is 1. The van der Waals surface area contributed by atoms with E-state index >= 15 is 0 Å². The SMILES string of the molecule is COc1ccc2ncn(Cc3ccc(C#N)cc3)c2c1. The zero-order valence-corrected chi connectivity index (χ0v) is 11.1. The number of hydrogen-bond donors (Lipinski definition) is 0. The van der Waals surface area contributed by atoms with Crippen LogP contribution in [0.4, 0.5) is 0 Å². The molecule has 0 atom stereocenters. The Bertz CT molecular complexity index is 782. The number of aromatic nitrogens is 2. The molecule has 1 heterocycles. The van der Waals surface area contributed by atoms with Crippen LogP contribution in [0.2, 0.25) is 0 Å². The Hall–Kier alpha value is -2.80. The average Bonchev–Trinajstić information content (AvgIpc) is 2.90. The summed E-state index contributed by atoms with van der Waals surface area (Å²) >= 11 is 0. The van der Waals surface area contributed by atoms with Gasteiger partial charge in [-0.25, -0.2) is 4.98 Å². The van der Waals surface area contributed by atoms with Crippen molar-refractivity contribution in [3.05, 3.63) is 59.9 Å². The van der Waals surface area contributed by atoms with Gasteiger partial charge >= 0.3 is 0 Å². The van der Waals surface area contributed by atoms with Crippen LogP contribution in [0.3, 0.4) is 0 Å². The third kappa shape index (κ3) is 2.21. The first-order chi connectivity index (χ1) is 9.80. The summed E-state index contributed by atoms with van der Waals surface area (Å²) in [5.41, 5.74) is 3.78. The largest absolute Gasteiger partial charge is 0.497 e. The zero-order chi connectivity index (χ0) is 13.9. The Labute approximate surface area is 116 Å². The maximum atomic E-state index is 8.81. The lowest BCUT2D eigenvalue weighted by molar-refractivity contribution is 0.415. The van der Waals surface area contributed by atoms with E-state index in [-0.39, 0.29) is 0 Å². The quantitative estimate of drug-likeness (QED) is 0.730. The summed E-state index contributed by atoms with van der Waals surface area (Å²) in [6, 6.07) is 15.5. The minimum Gasteiger partial charge on any atom is -0.497 e. The van der Waals surface area contributed by atoms with Crippen molar-refractivity contribution in [2.75, 3.05) is 7.11 Å².